The van der Waals surface area contributed by atoms with E-state index in [-0.39, 0.29) is 11.9 Å². The SMILES string of the molecule is CC(C)c1cc(C(=O)N2CCCCC2C(C)O)n(C)n1. The molecule has 1 saturated heterocycles. The van der Waals surface area contributed by atoms with Crippen molar-refractivity contribution in [1.82, 2.24) is 14.7 Å². The van der Waals surface area contributed by atoms with Crippen LogP contribution in [0.1, 0.15) is 62.1 Å². The van der Waals surface area contributed by atoms with Gasteiger partial charge in [-0.25, -0.2) is 0 Å². The third-order valence-electron chi connectivity index (χ3n) is 4.08. The maximum atomic E-state index is 12.7. The number of carbonyl (C=O) groups is 1. The summed E-state index contributed by atoms with van der Waals surface area (Å²) >= 11 is 0. The van der Waals surface area contributed by atoms with E-state index in [0.29, 0.717) is 11.6 Å². The predicted octanol–water partition coefficient (Wildman–Crippen LogP) is 1.92. The zero-order valence-corrected chi connectivity index (χ0v) is 12.8. The quantitative estimate of drug-likeness (QED) is 0.919. The Hall–Kier alpha value is -1.36. The molecule has 1 aromatic heterocycles. The standard InChI is InChI=1S/C15H25N3O2/c1-10(2)12-9-14(17(4)16-12)15(20)18-8-6-5-7-13(18)11(3)19/h9-11,13,19H,5-8H2,1-4H3. The van der Waals surface area contributed by atoms with Gasteiger partial charge >= 0.3 is 0 Å². The number of piperidine rings is 1. The van der Waals surface area contributed by atoms with Gasteiger partial charge in [-0.15, -0.1) is 0 Å². The van der Waals surface area contributed by atoms with Crippen molar-refractivity contribution >= 4 is 5.91 Å². The smallest absolute Gasteiger partial charge is 0.272 e. The summed E-state index contributed by atoms with van der Waals surface area (Å²) in [6, 6.07) is 1.80. The lowest BCUT2D eigenvalue weighted by Gasteiger charge is -2.37. The van der Waals surface area contributed by atoms with E-state index in [1.165, 1.54) is 0 Å². The van der Waals surface area contributed by atoms with E-state index < -0.39 is 6.10 Å². The van der Waals surface area contributed by atoms with E-state index in [1.54, 1.807) is 18.7 Å². The molecule has 0 aliphatic carbocycles. The number of nitrogens with zero attached hydrogens (tertiary/aromatic N) is 3. The molecule has 1 aliphatic heterocycles. The molecule has 1 N–H and O–H groups in total. The molecule has 2 unspecified atom stereocenters. The van der Waals surface area contributed by atoms with E-state index >= 15 is 0 Å². The van der Waals surface area contributed by atoms with Gasteiger partial charge in [0.1, 0.15) is 5.69 Å². The molecule has 2 rings (SSSR count). The topological polar surface area (TPSA) is 58.4 Å². The van der Waals surface area contributed by atoms with Crippen LogP contribution in [0.5, 0.6) is 0 Å². The van der Waals surface area contributed by atoms with Gasteiger partial charge in [0, 0.05) is 13.6 Å². The summed E-state index contributed by atoms with van der Waals surface area (Å²) < 4.78 is 1.66. The Balaban J connectivity index is 2.25. The molecule has 0 bridgehead atoms. The van der Waals surface area contributed by atoms with Crippen molar-refractivity contribution in [3.8, 4) is 0 Å². The van der Waals surface area contributed by atoms with Crippen LogP contribution in [-0.2, 0) is 7.05 Å². The van der Waals surface area contributed by atoms with Crippen LogP contribution in [0.15, 0.2) is 6.07 Å². The van der Waals surface area contributed by atoms with Gasteiger partial charge in [0.2, 0.25) is 0 Å². The third kappa shape index (κ3) is 2.87. The molecule has 5 nitrogen and oxygen atoms in total. The molecule has 112 valence electrons. The number of carbonyl (C=O) groups excluding carboxylic acids is 1. The molecule has 20 heavy (non-hydrogen) atoms. The number of aliphatic hydroxyl groups is 1. The van der Waals surface area contributed by atoms with Crippen LogP contribution in [0.2, 0.25) is 0 Å². The highest BCUT2D eigenvalue weighted by atomic mass is 16.3. The van der Waals surface area contributed by atoms with E-state index in [4.69, 9.17) is 0 Å². The molecular formula is C15H25N3O2. The Morgan fingerprint density at radius 3 is 2.65 bits per heavy atom. The fourth-order valence-electron chi connectivity index (χ4n) is 2.83. The predicted molar refractivity (Wildman–Crippen MR) is 77.7 cm³/mol. The summed E-state index contributed by atoms with van der Waals surface area (Å²) in [4.78, 5) is 14.5. The monoisotopic (exact) mass is 279 g/mol. The molecule has 2 heterocycles. The molecule has 1 aliphatic rings. The fourth-order valence-corrected chi connectivity index (χ4v) is 2.83. The van der Waals surface area contributed by atoms with Gasteiger partial charge in [-0.2, -0.15) is 5.10 Å². The minimum atomic E-state index is -0.489. The average molecular weight is 279 g/mol. The molecule has 1 fully saturated rings. The number of hydrogen-bond donors (Lipinski definition) is 1. The normalized spacial score (nSPS) is 21.3. The van der Waals surface area contributed by atoms with Gasteiger partial charge in [-0.05, 0) is 38.2 Å². The number of rotatable bonds is 3. The first-order valence-electron chi connectivity index (χ1n) is 7.44. The lowest BCUT2D eigenvalue weighted by Crippen LogP contribution is -2.49. The van der Waals surface area contributed by atoms with Gasteiger partial charge in [0.15, 0.2) is 0 Å². The lowest BCUT2D eigenvalue weighted by atomic mass is 9.97. The van der Waals surface area contributed by atoms with E-state index in [9.17, 15) is 9.90 Å². The maximum absolute atomic E-state index is 12.7. The lowest BCUT2D eigenvalue weighted by molar-refractivity contribution is 0.0272. The Morgan fingerprint density at radius 2 is 2.10 bits per heavy atom. The molecular weight excluding hydrogens is 254 g/mol. The molecule has 1 amide bonds. The number of aromatic nitrogens is 2. The minimum absolute atomic E-state index is 0.0162. The Morgan fingerprint density at radius 1 is 1.40 bits per heavy atom. The molecule has 0 spiro atoms. The van der Waals surface area contributed by atoms with Crippen molar-refractivity contribution in [2.24, 2.45) is 7.05 Å². The van der Waals surface area contributed by atoms with Crippen molar-refractivity contribution in [1.29, 1.82) is 0 Å². The van der Waals surface area contributed by atoms with Crippen molar-refractivity contribution in [3.05, 3.63) is 17.5 Å². The van der Waals surface area contributed by atoms with Crippen molar-refractivity contribution in [2.75, 3.05) is 6.54 Å². The fraction of sp³-hybridized carbons (Fsp3) is 0.733. The summed E-state index contributed by atoms with van der Waals surface area (Å²) in [6.45, 7) is 6.61. The number of aryl methyl sites for hydroxylation is 1. The maximum Gasteiger partial charge on any atom is 0.272 e. The first-order chi connectivity index (χ1) is 9.41. The zero-order chi connectivity index (χ0) is 14.9. The molecule has 0 saturated carbocycles. The van der Waals surface area contributed by atoms with Gasteiger partial charge in [-0.1, -0.05) is 13.8 Å². The summed E-state index contributed by atoms with van der Waals surface area (Å²) in [5, 5.41) is 14.3. The van der Waals surface area contributed by atoms with Gasteiger partial charge < -0.3 is 10.0 Å². The first-order valence-corrected chi connectivity index (χ1v) is 7.44. The summed E-state index contributed by atoms with van der Waals surface area (Å²) in [5.74, 6) is 0.286. The van der Waals surface area contributed by atoms with E-state index in [2.05, 4.69) is 18.9 Å². The van der Waals surface area contributed by atoms with Crippen LogP contribution < -0.4 is 0 Å². The zero-order valence-electron chi connectivity index (χ0n) is 12.8. The van der Waals surface area contributed by atoms with Crippen LogP contribution in [-0.4, -0.2) is 44.4 Å². The van der Waals surface area contributed by atoms with Gasteiger partial charge in [-0.3, -0.25) is 9.48 Å². The largest absolute Gasteiger partial charge is 0.391 e. The van der Waals surface area contributed by atoms with Gasteiger partial charge in [0.25, 0.3) is 5.91 Å². The number of amides is 1. The highest BCUT2D eigenvalue weighted by molar-refractivity contribution is 5.93. The molecule has 2 atom stereocenters. The summed E-state index contributed by atoms with van der Waals surface area (Å²) in [7, 11) is 1.81. The number of likely N-dealkylation sites (tertiary alicyclic amines) is 1. The van der Waals surface area contributed by atoms with Crippen LogP contribution in [0, 0.1) is 0 Å². The second-order valence-electron chi connectivity index (χ2n) is 6.04. The highest BCUT2D eigenvalue weighted by Gasteiger charge is 2.32. The van der Waals surface area contributed by atoms with Crippen LogP contribution >= 0.6 is 0 Å². The van der Waals surface area contributed by atoms with E-state index in [0.717, 1.165) is 31.5 Å². The molecule has 5 heteroatoms. The summed E-state index contributed by atoms with van der Waals surface area (Å²) in [5.41, 5.74) is 1.54. The Kier molecular flexibility index (Phi) is 4.48. The van der Waals surface area contributed by atoms with Crippen molar-refractivity contribution < 1.29 is 9.90 Å². The molecule has 0 aromatic carbocycles. The van der Waals surface area contributed by atoms with Crippen molar-refractivity contribution in [3.63, 3.8) is 0 Å². The van der Waals surface area contributed by atoms with Crippen LogP contribution in [0.25, 0.3) is 0 Å². The number of hydrogen-bond acceptors (Lipinski definition) is 3. The second-order valence-corrected chi connectivity index (χ2v) is 6.04. The summed E-state index contributed by atoms with van der Waals surface area (Å²) in [6.07, 6.45) is 2.46. The molecule has 0 radical (unpaired) electrons. The van der Waals surface area contributed by atoms with Crippen LogP contribution in [0.4, 0.5) is 0 Å². The Bertz CT molecular complexity index is 479. The Labute approximate surface area is 120 Å². The third-order valence-corrected chi connectivity index (χ3v) is 4.08. The van der Waals surface area contributed by atoms with Crippen LogP contribution in [0.3, 0.4) is 0 Å². The highest BCUT2D eigenvalue weighted by Crippen LogP contribution is 2.23. The minimum Gasteiger partial charge on any atom is -0.391 e. The van der Waals surface area contributed by atoms with Crippen molar-refractivity contribution in [2.45, 2.75) is 58.1 Å². The molecule has 1 aromatic rings. The first kappa shape index (κ1) is 15.0. The second kappa shape index (κ2) is 5.95. The van der Waals surface area contributed by atoms with Gasteiger partial charge in [0.05, 0.1) is 17.8 Å². The number of aliphatic hydroxyl groups excluding tert-OH is 1. The van der Waals surface area contributed by atoms with E-state index in [1.807, 2.05) is 11.0 Å². The average Bonchev–Trinajstić information content (AvgIpc) is 2.80.